The molecule has 1 N–H and O–H groups in total. The number of rotatable bonds is 3. The van der Waals surface area contributed by atoms with E-state index in [1.807, 2.05) is 18.2 Å². The minimum atomic E-state index is 0.481. The SMILES string of the molecule is CCNC1CCc2c(-c3cccc(C#N)c3)cccc21. The molecule has 1 aliphatic carbocycles. The summed E-state index contributed by atoms with van der Waals surface area (Å²) in [7, 11) is 0. The molecule has 0 amide bonds. The van der Waals surface area contributed by atoms with Gasteiger partial charge < -0.3 is 5.32 Å². The van der Waals surface area contributed by atoms with Gasteiger partial charge in [-0.3, -0.25) is 0 Å². The van der Waals surface area contributed by atoms with E-state index in [9.17, 15) is 0 Å². The van der Waals surface area contributed by atoms with Crippen molar-refractivity contribution in [2.75, 3.05) is 6.54 Å². The average molecular weight is 262 g/mol. The quantitative estimate of drug-likeness (QED) is 0.912. The zero-order valence-electron chi connectivity index (χ0n) is 11.7. The second-order valence-corrected chi connectivity index (χ2v) is 5.21. The van der Waals surface area contributed by atoms with Gasteiger partial charge in [-0.1, -0.05) is 37.3 Å². The molecule has 0 aromatic heterocycles. The van der Waals surface area contributed by atoms with Gasteiger partial charge in [0.25, 0.3) is 0 Å². The summed E-state index contributed by atoms with van der Waals surface area (Å²) in [4.78, 5) is 0. The summed E-state index contributed by atoms with van der Waals surface area (Å²) in [6, 6.07) is 17.1. The Morgan fingerprint density at radius 3 is 2.90 bits per heavy atom. The highest BCUT2D eigenvalue weighted by Gasteiger charge is 2.23. The van der Waals surface area contributed by atoms with E-state index in [0.29, 0.717) is 6.04 Å². The van der Waals surface area contributed by atoms with Crippen molar-refractivity contribution < 1.29 is 0 Å². The van der Waals surface area contributed by atoms with Crippen LogP contribution < -0.4 is 5.32 Å². The summed E-state index contributed by atoms with van der Waals surface area (Å²) in [5.41, 5.74) is 6.01. The molecule has 2 nitrogen and oxygen atoms in total. The first-order chi connectivity index (χ1) is 9.83. The van der Waals surface area contributed by atoms with Crippen molar-refractivity contribution in [2.24, 2.45) is 0 Å². The van der Waals surface area contributed by atoms with Crippen LogP contribution in [-0.4, -0.2) is 6.54 Å². The minimum Gasteiger partial charge on any atom is -0.310 e. The van der Waals surface area contributed by atoms with Crippen LogP contribution in [0.3, 0.4) is 0 Å². The highest BCUT2D eigenvalue weighted by atomic mass is 14.9. The van der Waals surface area contributed by atoms with Crippen LogP contribution in [0.25, 0.3) is 11.1 Å². The molecule has 0 bridgehead atoms. The molecule has 1 atom stereocenters. The Morgan fingerprint density at radius 2 is 2.10 bits per heavy atom. The first-order valence-electron chi connectivity index (χ1n) is 7.19. The fourth-order valence-corrected chi connectivity index (χ4v) is 3.14. The molecule has 0 saturated carbocycles. The molecule has 3 rings (SSSR count). The van der Waals surface area contributed by atoms with Crippen LogP contribution in [0, 0.1) is 11.3 Å². The number of nitrogens with zero attached hydrogens (tertiary/aromatic N) is 1. The second kappa shape index (κ2) is 5.48. The van der Waals surface area contributed by atoms with E-state index in [4.69, 9.17) is 5.26 Å². The lowest BCUT2D eigenvalue weighted by molar-refractivity contribution is 0.549. The summed E-state index contributed by atoms with van der Waals surface area (Å²) < 4.78 is 0. The monoisotopic (exact) mass is 262 g/mol. The van der Waals surface area contributed by atoms with Crippen molar-refractivity contribution in [1.82, 2.24) is 5.32 Å². The van der Waals surface area contributed by atoms with Crippen LogP contribution in [0.5, 0.6) is 0 Å². The molecule has 0 aliphatic heterocycles. The van der Waals surface area contributed by atoms with Crippen molar-refractivity contribution in [3.63, 3.8) is 0 Å². The molecular weight excluding hydrogens is 244 g/mol. The fraction of sp³-hybridized carbons (Fsp3) is 0.278. The standard InChI is InChI=1S/C18H18N2/c1-2-20-18-10-9-16-15(7-4-8-17(16)18)14-6-3-5-13(11-14)12-19/h3-8,11,18,20H,2,9-10H2,1H3. The molecule has 0 fully saturated rings. The minimum absolute atomic E-state index is 0.481. The molecule has 2 heteroatoms. The first kappa shape index (κ1) is 12.9. The lowest BCUT2D eigenvalue weighted by Gasteiger charge is -2.14. The molecule has 0 radical (unpaired) electrons. The Bertz CT molecular complexity index is 667. The van der Waals surface area contributed by atoms with Gasteiger partial charge in [0.05, 0.1) is 11.6 Å². The van der Waals surface area contributed by atoms with Gasteiger partial charge in [-0.25, -0.2) is 0 Å². The summed E-state index contributed by atoms with van der Waals surface area (Å²) in [6.45, 7) is 3.15. The van der Waals surface area contributed by atoms with Gasteiger partial charge in [0.2, 0.25) is 0 Å². The Kier molecular flexibility index (Phi) is 3.54. The zero-order valence-corrected chi connectivity index (χ0v) is 11.7. The summed E-state index contributed by atoms with van der Waals surface area (Å²) >= 11 is 0. The highest BCUT2D eigenvalue weighted by Crippen LogP contribution is 2.37. The van der Waals surface area contributed by atoms with Crippen LogP contribution >= 0.6 is 0 Å². The largest absolute Gasteiger partial charge is 0.310 e. The second-order valence-electron chi connectivity index (χ2n) is 5.21. The maximum atomic E-state index is 9.05. The van der Waals surface area contributed by atoms with E-state index in [2.05, 4.69) is 42.6 Å². The normalized spacial score (nSPS) is 16.7. The van der Waals surface area contributed by atoms with Gasteiger partial charge in [-0.2, -0.15) is 5.26 Å². The summed E-state index contributed by atoms with van der Waals surface area (Å²) in [5.74, 6) is 0. The predicted molar refractivity (Wildman–Crippen MR) is 81.3 cm³/mol. The van der Waals surface area contributed by atoms with Gasteiger partial charge in [0, 0.05) is 6.04 Å². The molecule has 0 saturated heterocycles. The predicted octanol–water partition coefficient (Wildman–Crippen LogP) is 3.82. The molecule has 100 valence electrons. The van der Waals surface area contributed by atoms with E-state index >= 15 is 0 Å². The molecule has 0 heterocycles. The lowest BCUT2D eigenvalue weighted by Crippen LogP contribution is -2.18. The van der Waals surface area contributed by atoms with E-state index in [-0.39, 0.29) is 0 Å². The van der Waals surface area contributed by atoms with E-state index in [0.717, 1.165) is 30.5 Å². The van der Waals surface area contributed by atoms with E-state index < -0.39 is 0 Å². The van der Waals surface area contributed by atoms with E-state index in [1.54, 1.807) is 0 Å². The fourth-order valence-electron chi connectivity index (χ4n) is 3.14. The van der Waals surface area contributed by atoms with Crippen molar-refractivity contribution in [3.8, 4) is 17.2 Å². The van der Waals surface area contributed by atoms with Crippen molar-refractivity contribution in [1.29, 1.82) is 5.26 Å². The third kappa shape index (κ3) is 2.21. The van der Waals surface area contributed by atoms with Crippen LogP contribution in [0.2, 0.25) is 0 Å². The highest BCUT2D eigenvalue weighted by molar-refractivity contribution is 5.71. The third-order valence-corrected chi connectivity index (χ3v) is 4.02. The number of fused-ring (bicyclic) bond motifs is 1. The smallest absolute Gasteiger partial charge is 0.0991 e. The Labute approximate surface area is 120 Å². The van der Waals surface area contributed by atoms with Crippen LogP contribution in [0.15, 0.2) is 42.5 Å². The molecule has 1 aliphatic rings. The average Bonchev–Trinajstić information content (AvgIpc) is 2.91. The molecule has 1 unspecified atom stereocenters. The van der Waals surface area contributed by atoms with Gasteiger partial charge in [0.15, 0.2) is 0 Å². The number of benzene rings is 2. The molecule has 20 heavy (non-hydrogen) atoms. The van der Waals surface area contributed by atoms with Crippen LogP contribution in [-0.2, 0) is 6.42 Å². The topological polar surface area (TPSA) is 35.8 Å². The molecule has 2 aromatic carbocycles. The Hall–Kier alpha value is -2.11. The summed E-state index contributed by atoms with van der Waals surface area (Å²) in [5, 5.41) is 12.6. The van der Waals surface area contributed by atoms with E-state index in [1.165, 1.54) is 16.7 Å². The molecular formula is C18H18N2. The van der Waals surface area contributed by atoms with Crippen molar-refractivity contribution in [2.45, 2.75) is 25.8 Å². The zero-order chi connectivity index (χ0) is 13.9. The third-order valence-electron chi connectivity index (χ3n) is 4.02. The number of nitrogens with one attached hydrogen (secondary N) is 1. The van der Waals surface area contributed by atoms with Gasteiger partial charge in [0.1, 0.15) is 0 Å². The Balaban J connectivity index is 2.06. The number of hydrogen-bond donors (Lipinski definition) is 1. The number of nitriles is 1. The van der Waals surface area contributed by atoms with Gasteiger partial charge in [-0.05, 0) is 53.8 Å². The van der Waals surface area contributed by atoms with Crippen LogP contribution in [0.4, 0.5) is 0 Å². The Morgan fingerprint density at radius 1 is 1.25 bits per heavy atom. The van der Waals surface area contributed by atoms with Gasteiger partial charge >= 0.3 is 0 Å². The lowest BCUT2D eigenvalue weighted by atomic mass is 9.95. The maximum Gasteiger partial charge on any atom is 0.0991 e. The van der Waals surface area contributed by atoms with Crippen molar-refractivity contribution in [3.05, 3.63) is 59.2 Å². The van der Waals surface area contributed by atoms with Crippen LogP contribution in [0.1, 0.15) is 36.1 Å². The number of hydrogen-bond acceptors (Lipinski definition) is 2. The molecule has 0 spiro atoms. The molecule has 2 aromatic rings. The maximum absolute atomic E-state index is 9.05. The first-order valence-corrected chi connectivity index (χ1v) is 7.19. The summed E-state index contributed by atoms with van der Waals surface area (Å²) in [6.07, 6.45) is 2.28. The van der Waals surface area contributed by atoms with Gasteiger partial charge in [-0.15, -0.1) is 0 Å². The van der Waals surface area contributed by atoms with Crippen molar-refractivity contribution >= 4 is 0 Å².